The molecule has 2 heterocycles. The first kappa shape index (κ1) is 21.0. The summed E-state index contributed by atoms with van der Waals surface area (Å²) in [6.45, 7) is 6.35. The van der Waals surface area contributed by atoms with Crippen LogP contribution >= 0.6 is 11.3 Å². The topological polar surface area (TPSA) is 78.5 Å². The first-order chi connectivity index (χ1) is 13.9. The molecule has 0 radical (unpaired) electrons. The summed E-state index contributed by atoms with van der Waals surface area (Å²) in [5.41, 5.74) is 3.89. The predicted octanol–water partition coefficient (Wildman–Crippen LogP) is 3.42. The van der Waals surface area contributed by atoms with E-state index in [1.807, 2.05) is 44.4 Å². The predicted molar refractivity (Wildman–Crippen MR) is 115 cm³/mol. The van der Waals surface area contributed by atoms with Crippen molar-refractivity contribution in [1.82, 2.24) is 10.2 Å². The summed E-state index contributed by atoms with van der Waals surface area (Å²) in [5.74, 6) is -0.669. The van der Waals surface area contributed by atoms with Crippen LogP contribution in [0.2, 0.25) is 0 Å². The number of likely N-dealkylation sites (tertiary alicyclic amines) is 1. The molecule has 1 aliphatic heterocycles. The average molecular weight is 414 g/mol. The zero-order valence-corrected chi connectivity index (χ0v) is 17.9. The molecule has 0 unspecified atom stereocenters. The number of amides is 3. The van der Waals surface area contributed by atoms with Crippen molar-refractivity contribution in [3.63, 3.8) is 0 Å². The molecule has 3 rings (SSSR count). The fourth-order valence-corrected chi connectivity index (χ4v) is 4.51. The third-order valence-corrected chi connectivity index (χ3v) is 6.02. The Morgan fingerprint density at radius 3 is 2.52 bits per heavy atom. The van der Waals surface area contributed by atoms with E-state index in [2.05, 4.69) is 10.6 Å². The van der Waals surface area contributed by atoms with Crippen LogP contribution in [0, 0.1) is 20.8 Å². The highest BCUT2D eigenvalue weighted by atomic mass is 32.1. The molecule has 0 aliphatic carbocycles. The van der Waals surface area contributed by atoms with Gasteiger partial charge in [0.25, 0.3) is 5.91 Å². The van der Waals surface area contributed by atoms with Gasteiger partial charge in [0.05, 0.1) is 11.4 Å². The van der Waals surface area contributed by atoms with Crippen molar-refractivity contribution in [1.29, 1.82) is 0 Å². The van der Waals surface area contributed by atoms with E-state index in [1.54, 1.807) is 11.0 Å². The van der Waals surface area contributed by atoms with E-state index in [1.165, 1.54) is 11.3 Å². The van der Waals surface area contributed by atoms with Crippen LogP contribution in [-0.4, -0.2) is 41.8 Å². The van der Waals surface area contributed by atoms with Gasteiger partial charge in [-0.05, 0) is 62.6 Å². The highest BCUT2D eigenvalue weighted by Gasteiger charge is 2.33. The molecule has 7 heteroatoms. The molecule has 154 valence electrons. The van der Waals surface area contributed by atoms with E-state index in [9.17, 15) is 14.4 Å². The summed E-state index contributed by atoms with van der Waals surface area (Å²) in [6.07, 6.45) is 2.38. The van der Waals surface area contributed by atoms with Gasteiger partial charge in [0.15, 0.2) is 0 Å². The van der Waals surface area contributed by atoms with Crippen LogP contribution in [0.1, 0.15) is 45.6 Å². The first-order valence-corrected chi connectivity index (χ1v) is 10.7. The quantitative estimate of drug-likeness (QED) is 0.788. The number of rotatable bonds is 5. The van der Waals surface area contributed by atoms with Crippen molar-refractivity contribution in [2.75, 3.05) is 18.4 Å². The van der Waals surface area contributed by atoms with Crippen molar-refractivity contribution in [3.8, 4) is 0 Å². The second kappa shape index (κ2) is 9.22. The zero-order valence-electron chi connectivity index (χ0n) is 17.1. The number of piperidine rings is 1. The number of carbonyl (C=O) groups is 3. The van der Waals surface area contributed by atoms with Crippen LogP contribution in [0.4, 0.5) is 5.69 Å². The van der Waals surface area contributed by atoms with Gasteiger partial charge in [-0.1, -0.05) is 23.8 Å². The number of carbonyl (C=O) groups excluding carboxylic acids is 3. The lowest BCUT2D eigenvalue weighted by Crippen LogP contribution is -2.52. The molecule has 1 aromatic heterocycles. The van der Waals surface area contributed by atoms with Crippen molar-refractivity contribution in [2.45, 2.75) is 46.1 Å². The maximum Gasteiger partial charge on any atom is 0.264 e. The van der Waals surface area contributed by atoms with Crippen molar-refractivity contribution in [2.24, 2.45) is 0 Å². The maximum atomic E-state index is 12.7. The fraction of sp³-hybridized carbons (Fsp3) is 0.409. The van der Waals surface area contributed by atoms with Crippen LogP contribution in [-0.2, 0) is 9.59 Å². The van der Waals surface area contributed by atoms with Crippen molar-refractivity contribution < 1.29 is 14.4 Å². The number of nitrogens with zero attached hydrogens (tertiary/aromatic N) is 1. The van der Waals surface area contributed by atoms with Gasteiger partial charge < -0.3 is 15.5 Å². The minimum Gasteiger partial charge on any atom is -0.345 e. The van der Waals surface area contributed by atoms with E-state index in [0.717, 1.165) is 35.2 Å². The summed E-state index contributed by atoms with van der Waals surface area (Å²) in [7, 11) is 0. The number of hydrogen-bond donors (Lipinski definition) is 2. The first-order valence-electron chi connectivity index (χ1n) is 9.86. The van der Waals surface area contributed by atoms with E-state index >= 15 is 0 Å². The minimum absolute atomic E-state index is 0.116. The van der Waals surface area contributed by atoms with Crippen LogP contribution in [0.25, 0.3) is 0 Å². The van der Waals surface area contributed by atoms with Gasteiger partial charge >= 0.3 is 0 Å². The highest BCUT2D eigenvalue weighted by Crippen LogP contribution is 2.23. The largest absolute Gasteiger partial charge is 0.345 e. The lowest BCUT2D eigenvalue weighted by Gasteiger charge is -2.34. The number of hydrogen-bond acceptors (Lipinski definition) is 4. The third kappa shape index (κ3) is 5.03. The monoisotopic (exact) mass is 413 g/mol. The van der Waals surface area contributed by atoms with Crippen LogP contribution < -0.4 is 10.6 Å². The Labute approximate surface area is 175 Å². The molecule has 1 fully saturated rings. The van der Waals surface area contributed by atoms with Crippen molar-refractivity contribution in [3.05, 3.63) is 51.2 Å². The van der Waals surface area contributed by atoms with Crippen LogP contribution in [0.15, 0.2) is 29.6 Å². The van der Waals surface area contributed by atoms with E-state index < -0.39 is 6.04 Å². The number of nitrogens with one attached hydrogen (secondary N) is 2. The molecular formula is C22H27N3O3S. The molecule has 3 amide bonds. The van der Waals surface area contributed by atoms with Crippen LogP contribution in [0.5, 0.6) is 0 Å². The Bertz CT molecular complexity index is 885. The maximum absolute atomic E-state index is 12.7. The second-order valence-electron chi connectivity index (χ2n) is 7.53. The lowest BCUT2D eigenvalue weighted by molar-refractivity contribution is -0.128. The molecular weight excluding hydrogens is 386 g/mol. The molecule has 2 aromatic rings. The highest BCUT2D eigenvalue weighted by molar-refractivity contribution is 7.12. The Hall–Kier alpha value is -2.67. The summed E-state index contributed by atoms with van der Waals surface area (Å²) in [5, 5.41) is 7.45. The van der Waals surface area contributed by atoms with Gasteiger partial charge in [0, 0.05) is 12.2 Å². The number of thiophene rings is 1. The number of benzene rings is 1. The molecule has 0 bridgehead atoms. The molecule has 1 saturated heterocycles. The summed E-state index contributed by atoms with van der Waals surface area (Å²) in [6, 6.07) is 7.09. The van der Waals surface area contributed by atoms with Gasteiger partial charge in [-0.15, -0.1) is 11.3 Å². The summed E-state index contributed by atoms with van der Waals surface area (Å²) in [4.78, 5) is 40.1. The Morgan fingerprint density at radius 2 is 1.86 bits per heavy atom. The normalized spacial score (nSPS) is 16.4. The van der Waals surface area contributed by atoms with Gasteiger partial charge in [0.2, 0.25) is 11.8 Å². The van der Waals surface area contributed by atoms with Gasteiger partial charge in [-0.2, -0.15) is 0 Å². The molecule has 2 N–H and O–H groups in total. The fourth-order valence-electron chi connectivity index (χ4n) is 3.84. The molecule has 1 atom stereocenters. The van der Waals surface area contributed by atoms with E-state index in [0.29, 0.717) is 17.8 Å². The van der Waals surface area contributed by atoms with Gasteiger partial charge in [0.1, 0.15) is 6.04 Å². The van der Waals surface area contributed by atoms with Gasteiger partial charge in [-0.25, -0.2) is 0 Å². The molecule has 1 aliphatic rings. The molecule has 29 heavy (non-hydrogen) atoms. The van der Waals surface area contributed by atoms with Gasteiger partial charge in [-0.3, -0.25) is 14.4 Å². The summed E-state index contributed by atoms with van der Waals surface area (Å²) >= 11 is 1.37. The lowest BCUT2D eigenvalue weighted by atomic mass is 10.0. The molecule has 0 spiro atoms. The number of anilines is 1. The smallest absolute Gasteiger partial charge is 0.264 e. The zero-order chi connectivity index (χ0) is 21.0. The van der Waals surface area contributed by atoms with E-state index in [-0.39, 0.29) is 24.3 Å². The molecule has 0 saturated carbocycles. The SMILES string of the molecule is Cc1cc(C)c(NC(=O)CNC(=O)[C@@H]2CCCCN2C(=O)c2cccs2)c(C)c1. The minimum atomic E-state index is -0.533. The summed E-state index contributed by atoms with van der Waals surface area (Å²) < 4.78 is 0. The average Bonchev–Trinajstić information content (AvgIpc) is 3.23. The van der Waals surface area contributed by atoms with Crippen LogP contribution in [0.3, 0.4) is 0 Å². The molecule has 1 aromatic carbocycles. The Balaban J connectivity index is 1.60. The third-order valence-electron chi connectivity index (χ3n) is 5.16. The second-order valence-corrected chi connectivity index (χ2v) is 8.47. The Kier molecular flexibility index (Phi) is 6.69. The van der Waals surface area contributed by atoms with Crippen molar-refractivity contribution >= 4 is 34.7 Å². The Morgan fingerprint density at radius 1 is 1.14 bits per heavy atom. The molecule has 6 nitrogen and oxygen atoms in total. The van der Waals surface area contributed by atoms with E-state index in [4.69, 9.17) is 0 Å². The number of aryl methyl sites for hydroxylation is 3. The standard InChI is InChI=1S/C22H27N3O3S/c1-14-11-15(2)20(16(3)12-14)24-19(26)13-23-21(27)17-7-4-5-9-25(17)22(28)18-8-6-10-29-18/h6,8,10-12,17H,4-5,7,9,13H2,1-3H3,(H,23,27)(H,24,26)/t17-/m0/s1.